The summed E-state index contributed by atoms with van der Waals surface area (Å²) in [5.74, 6) is 4.01. The Kier molecular flexibility index (Phi) is 5.68. The molecule has 1 atom stereocenters. The van der Waals surface area contributed by atoms with Crippen LogP contribution in [-0.4, -0.2) is 67.9 Å². The first-order valence-electron chi connectivity index (χ1n) is 11.3. The van der Waals surface area contributed by atoms with Crippen molar-refractivity contribution in [1.29, 1.82) is 0 Å². The lowest BCUT2D eigenvalue weighted by molar-refractivity contribution is 0.172. The smallest absolute Gasteiger partial charge is 0.253 e. The second-order valence-electron chi connectivity index (χ2n) is 8.37. The minimum absolute atomic E-state index is 0.151. The quantitative estimate of drug-likeness (QED) is 0.469. The molecule has 9 nitrogen and oxygen atoms in total. The van der Waals surface area contributed by atoms with Crippen molar-refractivity contribution in [3.63, 3.8) is 0 Å². The highest BCUT2D eigenvalue weighted by atomic mass is 32.2. The number of pyridine rings is 1. The number of hydrogen-bond donors (Lipinski definition) is 1. The van der Waals surface area contributed by atoms with Crippen LogP contribution in [0.5, 0.6) is 11.5 Å². The molecule has 6 rings (SSSR count). The van der Waals surface area contributed by atoms with E-state index in [1.54, 1.807) is 4.68 Å². The fraction of sp³-hybridized carbons (Fsp3) is 0.333. The van der Waals surface area contributed by atoms with Crippen molar-refractivity contribution in [3.05, 3.63) is 75.8 Å². The summed E-state index contributed by atoms with van der Waals surface area (Å²) in [5, 5.41) is 13.6. The van der Waals surface area contributed by atoms with E-state index >= 15 is 0 Å². The van der Waals surface area contributed by atoms with E-state index < -0.39 is 0 Å². The summed E-state index contributed by atoms with van der Waals surface area (Å²) in [7, 11) is 0. The highest BCUT2D eigenvalue weighted by Gasteiger charge is 2.31. The lowest BCUT2D eigenvalue weighted by Gasteiger charge is -2.33. The second-order valence-corrected chi connectivity index (χ2v) is 9.59. The van der Waals surface area contributed by atoms with Crippen molar-refractivity contribution in [2.75, 3.05) is 37.8 Å². The molecule has 0 aliphatic carbocycles. The third-order valence-corrected chi connectivity index (χ3v) is 7.16. The van der Waals surface area contributed by atoms with Gasteiger partial charge in [-0.25, -0.2) is 4.68 Å². The molecule has 2 aliphatic rings. The fourth-order valence-electron chi connectivity index (χ4n) is 4.57. The third kappa shape index (κ3) is 4.03. The molecule has 1 unspecified atom stereocenters. The van der Waals surface area contributed by atoms with Gasteiger partial charge in [-0.15, -0.1) is 5.10 Å². The molecule has 174 valence electrons. The highest BCUT2D eigenvalue weighted by Crippen LogP contribution is 2.35. The van der Waals surface area contributed by atoms with E-state index in [4.69, 9.17) is 9.47 Å². The molecule has 10 heteroatoms. The Morgan fingerprint density at radius 1 is 1.03 bits per heavy atom. The third-order valence-electron chi connectivity index (χ3n) is 6.22. The van der Waals surface area contributed by atoms with Crippen LogP contribution in [0.1, 0.15) is 23.0 Å². The predicted octanol–water partition coefficient (Wildman–Crippen LogP) is 2.47. The second kappa shape index (κ2) is 9.11. The van der Waals surface area contributed by atoms with E-state index in [2.05, 4.69) is 25.4 Å². The first-order valence-corrected chi connectivity index (χ1v) is 12.5. The Morgan fingerprint density at radius 2 is 1.79 bits per heavy atom. The van der Waals surface area contributed by atoms with Gasteiger partial charge in [0.25, 0.3) is 5.56 Å². The molecule has 1 saturated heterocycles. The predicted molar refractivity (Wildman–Crippen MR) is 130 cm³/mol. The Balaban J connectivity index is 1.46. The Morgan fingerprint density at radius 3 is 2.59 bits per heavy atom. The van der Waals surface area contributed by atoms with E-state index in [0.29, 0.717) is 42.6 Å². The van der Waals surface area contributed by atoms with Gasteiger partial charge in [-0.2, -0.15) is 11.8 Å². The summed E-state index contributed by atoms with van der Waals surface area (Å²) >= 11 is 1.92. The number of fused-ring (bicyclic) bond motifs is 2. The van der Waals surface area contributed by atoms with Crippen molar-refractivity contribution in [3.8, 4) is 11.5 Å². The van der Waals surface area contributed by atoms with Gasteiger partial charge in [0, 0.05) is 41.6 Å². The molecule has 34 heavy (non-hydrogen) atoms. The molecule has 0 saturated carbocycles. The van der Waals surface area contributed by atoms with Gasteiger partial charge in [-0.1, -0.05) is 30.3 Å². The first-order chi connectivity index (χ1) is 16.8. The van der Waals surface area contributed by atoms with Gasteiger partial charge < -0.3 is 14.5 Å². The van der Waals surface area contributed by atoms with Crippen LogP contribution in [-0.2, 0) is 6.54 Å². The van der Waals surface area contributed by atoms with Crippen molar-refractivity contribution in [2.24, 2.45) is 0 Å². The maximum atomic E-state index is 13.4. The number of tetrazole rings is 1. The number of hydrogen-bond acceptors (Lipinski definition) is 8. The first kappa shape index (κ1) is 21.2. The standard InChI is InChI=1S/C24H24N6O3S/c31-24-18(12-17-13-20-21(14-19(17)25-24)33-9-8-32-20)22(29-6-10-34-11-7-29)23-26-27-28-30(23)15-16-4-2-1-3-5-16/h1-5,12-14,22H,6-11,15H2,(H,25,31). The Bertz CT molecular complexity index is 1370. The normalized spacial score (nSPS) is 17.1. The lowest BCUT2D eigenvalue weighted by Crippen LogP contribution is -2.40. The van der Waals surface area contributed by atoms with Crippen LogP contribution in [0.25, 0.3) is 10.9 Å². The number of nitrogens with zero attached hydrogens (tertiary/aromatic N) is 5. The zero-order valence-corrected chi connectivity index (χ0v) is 19.3. The molecule has 2 aliphatic heterocycles. The van der Waals surface area contributed by atoms with Gasteiger partial charge in [-0.3, -0.25) is 9.69 Å². The van der Waals surface area contributed by atoms with Crippen LogP contribution in [0.15, 0.2) is 53.3 Å². The molecule has 0 bridgehead atoms. The molecule has 1 N–H and O–H groups in total. The maximum Gasteiger partial charge on any atom is 0.253 e. The molecular weight excluding hydrogens is 452 g/mol. The zero-order chi connectivity index (χ0) is 22.9. The SMILES string of the molecule is O=c1[nH]c2cc3c(cc2cc1C(c1nnnn1Cc1ccccc1)N1CCSCC1)OCCO3. The van der Waals surface area contributed by atoms with E-state index in [0.717, 1.165) is 41.1 Å². The van der Waals surface area contributed by atoms with Crippen LogP contribution in [0.3, 0.4) is 0 Å². The Hall–Kier alpha value is -3.37. The summed E-state index contributed by atoms with van der Waals surface area (Å²) in [4.78, 5) is 18.8. The van der Waals surface area contributed by atoms with E-state index in [1.165, 1.54) is 0 Å². The fourth-order valence-corrected chi connectivity index (χ4v) is 5.51. The molecule has 2 aromatic heterocycles. The van der Waals surface area contributed by atoms with Crippen LogP contribution < -0.4 is 15.0 Å². The van der Waals surface area contributed by atoms with E-state index in [9.17, 15) is 4.79 Å². The Labute approximate surface area is 200 Å². The number of thioether (sulfide) groups is 1. The van der Waals surface area contributed by atoms with Gasteiger partial charge >= 0.3 is 0 Å². The van der Waals surface area contributed by atoms with Crippen LogP contribution in [0, 0.1) is 0 Å². The van der Waals surface area contributed by atoms with Gasteiger partial charge in [0.05, 0.1) is 12.1 Å². The largest absolute Gasteiger partial charge is 0.486 e. The summed E-state index contributed by atoms with van der Waals surface area (Å²) in [6.07, 6.45) is 0. The highest BCUT2D eigenvalue weighted by molar-refractivity contribution is 7.99. The number of aromatic nitrogens is 5. The van der Waals surface area contributed by atoms with Gasteiger partial charge in [-0.05, 0) is 28.1 Å². The molecule has 4 aromatic rings. The van der Waals surface area contributed by atoms with Crippen molar-refractivity contribution < 1.29 is 9.47 Å². The molecule has 0 spiro atoms. The minimum Gasteiger partial charge on any atom is -0.486 e. The summed E-state index contributed by atoms with van der Waals surface area (Å²) in [5.41, 5.74) is 2.29. The topological polar surface area (TPSA) is 98.2 Å². The number of aromatic amines is 1. The lowest BCUT2D eigenvalue weighted by atomic mass is 10.0. The molecule has 2 aromatic carbocycles. The van der Waals surface area contributed by atoms with Gasteiger partial charge in [0.2, 0.25) is 0 Å². The molecule has 0 amide bonds. The molecule has 1 fully saturated rings. The molecule has 4 heterocycles. The van der Waals surface area contributed by atoms with Crippen molar-refractivity contribution in [2.45, 2.75) is 12.6 Å². The average molecular weight is 477 g/mol. The molecular formula is C24H24N6O3S. The van der Waals surface area contributed by atoms with E-state index in [-0.39, 0.29) is 11.6 Å². The van der Waals surface area contributed by atoms with E-state index in [1.807, 2.05) is 60.3 Å². The number of rotatable bonds is 5. The number of nitrogens with one attached hydrogen (secondary N) is 1. The summed E-state index contributed by atoms with van der Waals surface area (Å²) in [6, 6.07) is 15.4. The van der Waals surface area contributed by atoms with Crippen LogP contribution in [0.2, 0.25) is 0 Å². The minimum atomic E-state index is -0.360. The maximum absolute atomic E-state index is 13.4. The zero-order valence-electron chi connectivity index (χ0n) is 18.5. The van der Waals surface area contributed by atoms with Crippen LogP contribution >= 0.6 is 11.8 Å². The van der Waals surface area contributed by atoms with Gasteiger partial charge in [0.15, 0.2) is 17.3 Å². The number of H-pyrrole nitrogens is 1. The van der Waals surface area contributed by atoms with Crippen LogP contribution in [0.4, 0.5) is 0 Å². The number of ether oxygens (including phenoxy) is 2. The van der Waals surface area contributed by atoms with Crippen molar-refractivity contribution in [1.82, 2.24) is 30.1 Å². The monoisotopic (exact) mass is 476 g/mol. The van der Waals surface area contributed by atoms with Gasteiger partial charge in [0.1, 0.15) is 19.3 Å². The summed E-state index contributed by atoms with van der Waals surface area (Å²) < 4.78 is 13.3. The summed E-state index contributed by atoms with van der Waals surface area (Å²) in [6.45, 7) is 3.25. The average Bonchev–Trinajstić information content (AvgIpc) is 3.32. The molecule has 0 radical (unpaired) electrons. The number of benzene rings is 2. The van der Waals surface area contributed by atoms with Crippen molar-refractivity contribution >= 4 is 22.7 Å².